The molecule has 0 amide bonds. The van der Waals surface area contributed by atoms with Crippen LogP contribution in [0, 0.1) is 0 Å². The minimum Gasteiger partial charge on any atom is -0.390 e. The summed E-state index contributed by atoms with van der Waals surface area (Å²) < 4.78 is 3.99. The molecule has 5 nitrogen and oxygen atoms in total. The van der Waals surface area contributed by atoms with E-state index in [0.717, 1.165) is 49.7 Å². The fraction of sp³-hybridized carbons (Fsp3) is 0.818. The molecule has 1 aromatic rings. The van der Waals surface area contributed by atoms with E-state index >= 15 is 0 Å². The summed E-state index contributed by atoms with van der Waals surface area (Å²) in [4.78, 5) is 2.33. The molecule has 0 bridgehead atoms. The van der Waals surface area contributed by atoms with Gasteiger partial charge >= 0.3 is 0 Å². The van der Waals surface area contributed by atoms with Crippen molar-refractivity contribution >= 4 is 16.5 Å². The quantitative estimate of drug-likeness (QED) is 0.850. The molecule has 0 aliphatic carbocycles. The highest BCUT2D eigenvalue weighted by Crippen LogP contribution is 2.24. The van der Waals surface area contributed by atoms with E-state index in [0.29, 0.717) is 0 Å². The first-order valence-electron chi connectivity index (χ1n) is 6.10. The maximum absolute atomic E-state index is 9.89. The Bertz CT molecular complexity index is 356. The Balaban J connectivity index is 1.91. The molecule has 2 rings (SSSR count). The van der Waals surface area contributed by atoms with Crippen LogP contribution in [0.15, 0.2) is 0 Å². The van der Waals surface area contributed by atoms with Crippen molar-refractivity contribution in [2.75, 3.05) is 25.0 Å². The molecule has 0 radical (unpaired) electrons. The summed E-state index contributed by atoms with van der Waals surface area (Å²) in [6.45, 7) is 7.56. The SMILES string of the molecule is CCNc1snnc1CN1CCC(C)(O)CC1. The number of likely N-dealkylation sites (tertiary alicyclic amines) is 1. The molecule has 6 heteroatoms. The van der Waals surface area contributed by atoms with Crippen molar-refractivity contribution in [1.29, 1.82) is 0 Å². The van der Waals surface area contributed by atoms with Gasteiger partial charge in [0, 0.05) is 37.7 Å². The van der Waals surface area contributed by atoms with Gasteiger partial charge in [0.25, 0.3) is 0 Å². The number of hydrogen-bond donors (Lipinski definition) is 2. The van der Waals surface area contributed by atoms with Gasteiger partial charge in [0.2, 0.25) is 0 Å². The number of nitrogens with zero attached hydrogens (tertiary/aromatic N) is 3. The van der Waals surface area contributed by atoms with E-state index in [4.69, 9.17) is 0 Å². The third-order valence-electron chi connectivity index (χ3n) is 3.20. The second kappa shape index (κ2) is 5.29. The van der Waals surface area contributed by atoms with E-state index in [-0.39, 0.29) is 0 Å². The summed E-state index contributed by atoms with van der Waals surface area (Å²) in [7, 11) is 0. The lowest BCUT2D eigenvalue weighted by atomic mass is 9.94. The number of aliphatic hydroxyl groups is 1. The molecule has 1 fully saturated rings. The first kappa shape index (κ1) is 12.7. The number of hydrogen-bond acceptors (Lipinski definition) is 6. The summed E-state index contributed by atoms with van der Waals surface area (Å²) in [5.74, 6) is 0. The molecule has 2 heterocycles. The summed E-state index contributed by atoms with van der Waals surface area (Å²) in [5, 5.41) is 18.4. The molecule has 1 aromatic heterocycles. The van der Waals surface area contributed by atoms with E-state index < -0.39 is 5.60 Å². The first-order chi connectivity index (χ1) is 8.11. The highest BCUT2D eigenvalue weighted by molar-refractivity contribution is 7.10. The van der Waals surface area contributed by atoms with Crippen LogP contribution >= 0.6 is 11.5 Å². The zero-order valence-corrected chi connectivity index (χ0v) is 11.3. The summed E-state index contributed by atoms with van der Waals surface area (Å²) in [6, 6.07) is 0. The van der Waals surface area contributed by atoms with Gasteiger partial charge in [-0.3, -0.25) is 4.90 Å². The van der Waals surface area contributed by atoms with Crippen LogP contribution in [-0.4, -0.2) is 44.8 Å². The summed E-state index contributed by atoms with van der Waals surface area (Å²) in [5.41, 5.74) is 0.541. The van der Waals surface area contributed by atoms with E-state index in [2.05, 4.69) is 26.7 Å². The van der Waals surface area contributed by atoms with Gasteiger partial charge in [-0.25, -0.2) is 0 Å². The average molecular weight is 256 g/mol. The predicted octanol–water partition coefficient (Wildman–Crippen LogP) is 1.32. The third-order valence-corrected chi connectivity index (χ3v) is 3.93. The lowest BCUT2D eigenvalue weighted by Crippen LogP contribution is -2.42. The normalized spacial score (nSPS) is 20.4. The van der Waals surface area contributed by atoms with Gasteiger partial charge in [0.05, 0.1) is 5.60 Å². The highest BCUT2D eigenvalue weighted by Gasteiger charge is 2.27. The van der Waals surface area contributed by atoms with Crippen molar-refractivity contribution in [3.05, 3.63) is 5.69 Å². The van der Waals surface area contributed by atoms with Crippen LogP contribution in [-0.2, 0) is 6.54 Å². The Labute approximate surface area is 106 Å². The van der Waals surface area contributed by atoms with Crippen LogP contribution in [0.2, 0.25) is 0 Å². The van der Waals surface area contributed by atoms with E-state index in [1.165, 1.54) is 11.5 Å². The fourth-order valence-corrected chi connectivity index (χ4v) is 2.65. The van der Waals surface area contributed by atoms with Crippen molar-refractivity contribution in [2.45, 2.75) is 38.8 Å². The molecule has 1 saturated heterocycles. The predicted molar refractivity (Wildman–Crippen MR) is 69.2 cm³/mol. The highest BCUT2D eigenvalue weighted by atomic mass is 32.1. The topological polar surface area (TPSA) is 61.3 Å². The van der Waals surface area contributed by atoms with Crippen LogP contribution in [0.5, 0.6) is 0 Å². The standard InChI is InChI=1S/C11H20N4OS/c1-3-12-10-9(13-14-17-10)8-15-6-4-11(2,16)5-7-15/h12,16H,3-8H2,1-2H3. The van der Waals surface area contributed by atoms with E-state index in [1.807, 2.05) is 6.92 Å². The van der Waals surface area contributed by atoms with Gasteiger partial charge in [-0.05, 0) is 26.7 Å². The van der Waals surface area contributed by atoms with Gasteiger partial charge in [-0.1, -0.05) is 4.49 Å². The molecule has 1 aliphatic heterocycles. The monoisotopic (exact) mass is 256 g/mol. The molecule has 0 atom stereocenters. The van der Waals surface area contributed by atoms with Gasteiger partial charge in [0.15, 0.2) is 0 Å². The molecule has 96 valence electrons. The first-order valence-corrected chi connectivity index (χ1v) is 6.88. The Morgan fingerprint density at radius 2 is 2.18 bits per heavy atom. The van der Waals surface area contributed by atoms with Gasteiger partial charge in [-0.2, -0.15) is 0 Å². The Kier molecular flexibility index (Phi) is 3.96. The summed E-state index contributed by atoms with van der Waals surface area (Å²) >= 11 is 1.41. The summed E-state index contributed by atoms with van der Waals surface area (Å²) in [6.07, 6.45) is 1.67. The van der Waals surface area contributed by atoms with E-state index in [9.17, 15) is 5.11 Å². The Morgan fingerprint density at radius 3 is 2.82 bits per heavy atom. The van der Waals surface area contributed by atoms with Gasteiger partial charge < -0.3 is 10.4 Å². The average Bonchev–Trinajstić information content (AvgIpc) is 2.70. The Morgan fingerprint density at radius 1 is 1.47 bits per heavy atom. The lowest BCUT2D eigenvalue weighted by molar-refractivity contribution is -0.00752. The fourth-order valence-electron chi connectivity index (χ4n) is 2.01. The zero-order valence-electron chi connectivity index (χ0n) is 10.4. The largest absolute Gasteiger partial charge is 0.390 e. The second-order valence-corrected chi connectivity index (χ2v) is 5.61. The molecule has 2 N–H and O–H groups in total. The maximum Gasteiger partial charge on any atom is 0.134 e. The minimum atomic E-state index is -0.485. The Hall–Kier alpha value is -0.720. The molecular formula is C11H20N4OS. The minimum absolute atomic E-state index is 0.485. The van der Waals surface area contributed by atoms with Crippen molar-refractivity contribution in [3.63, 3.8) is 0 Å². The molecule has 0 unspecified atom stereocenters. The smallest absolute Gasteiger partial charge is 0.134 e. The van der Waals surface area contributed by atoms with Crippen LogP contribution in [0.4, 0.5) is 5.00 Å². The van der Waals surface area contributed by atoms with Crippen LogP contribution < -0.4 is 5.32 Å². The molecule has 1 aliphatic rings. The zero-order chi connectivity index (χ0) is 12.3. The van der Waals surface area contributed by atoms with E-state index in [1.54, 1.807) is 0 Å². The molecular weight excluding hydrogens is 236 g/mol. The number of aromatic nitrogens is 2. The van der Waals surface area contributed by atoms with Gasteiger partial charge in [0.1, 0.15) is 10.7 Å². The maximum atomic E-state index is 9.89. The van der Waals surface area contributed by atoms with Crippen LogP contribution in [0.3, 0.4) is 0 Å². The van der Waals surface area contributed by atoms with Crippen molar-refractivity contribution in [2.24, 2.45) is 0 Å². The number of piperidine rings is 1. The van der Waals surface area contributed by atoms with Crippen molar-refractivity contribution in [1.82, 2.24) is 14.5 Å². The number of rotatable bonds is 4. The molecule has 0 aromatic carbocycles. The van der Waals surface area contributed by atoms with Crippen LogP contribution in [0.1, 0.15) is 32.4 Å². The van der Waals surface area contributed by atoms with Crippen molar-refractivity contribution in [3.8, 4) is 0 Å². The van der Waals surface area contributed by atoms with Gasteiger partial charge in [-0.15, -0.1) is 5.10 Å². The lowest BCUT2D eigenvalue weighted by Gasteiger charge is -2.35. The van der Waals surface area contributed by atoms with Crippen molar-refractivity contribution < 1.29 is 5.11 Å². The second-order valence-electron chi connectivity index (χ2n) is 4.85. The molecule has 0 spiro atoms. The third kappa shape index (κ3) is 3.37. The number of nitrogens with one attached hydrogen (secondary N) is 1. The molecule has 0 saturated carbocycles. The number of anilines is 1. The van der Waals surface area contributed by atoms with Crippen LogP contribution in [0.25, 0.3) is 0 Å². The molecule has 17 heavy (non-hydrogen) atoms.